The maximum atomic E-state index is 5.90. The summed E-state index contributed by atoms with van der Waals surface area (Å²) in [6.45, 7) is 6.15. The summed E-state index contributed by atoms with van der Waals surface area (Å²) in [6, 6.07) is 0. The average Bonchev–Trinajstić information content (AvgIpc) is 2.41. The first-order valence-corrected chi connectivity index (χ1v) is 8.10. The zero-order valence-electron chi connectivity index (χ0n) is 12.5. The number of rotatable bonds is 10. The zero-order valence-corrected chi connectivity index (χ0v) is 12.5. The molecule has 0 aromatic carbocycles. The molecule has 0 amide bonds. The van der Waals surface area contributed by atoms with Crippen LogP contribution in [-0.4, -0.2) is 25.4 Å². The Morgan fingerprint density at radius 2 is 1.11 bits per heavy atom. The van der Waals surface area contributed by atoms with Gasteiger partial charge in [-0.15, -0.1) is 0 Å². The van der Waals surface area contributed by atoms with Crippen LogP contribution in [0.5, 0.6) is 0 Å². The Morgan fingerprint density at radius 3 is 1.44 bits per heavy atom. The molecule has 0 aliphatic carbocycles. The molecular formula is C16H32O2. The van der Waals surface area contributed by atoms with Gasteiger partial charge in [0.1, 0.15) is 0 Å². The standard InChI is InChI=1S/C16H32O2/c1-3-5-7-9-11-15-13-18-16(14-17-15)12-10-8-6-4-2/h15-16H,3-14H2,1-2H3/t15-,16-/m0/s1. The molecule has 1 aliphatic heterocycles. The van der Waals surface area contributed by atoms with Gasteiger partial charge in [0.2, 0.25) is 0 Å². The lowest BCUT2D eigenvalue weighted by atomic mass is 10.1. The van der Waals surface area contributed by atoms with Crippen LogP contribution in [0.4, 0.5) is 0 Å². The molecule has 108 valence electrons. The first-order valence-electron chi connectivity index (χ1n) is 8.10. The fourth-order valence-corrected chi connectivity index (χ4v) is 2.51. The van der Waals surface area contributed by atoms with E-state index in [1.165, 1.54) is 64.2 Å². The fourth-order valence-electron chi connectivity index (χ4n) is 2.51. The van der Waals surface area contributed by atoms with Gasteiger partial charge in [0.25, 0.3) is 0 Å². The van der Waals surface area contributed by atoms with E-state index in [2.05, 4.69) is 13.8 Å². The van der Waals surface area contributed by atoms with Crippen molar-refractivity contribution in [3.63, 3.8) is 0 Å². The van der Waals surface area contributed by atoms with Crippen LogP contribution in [0.25, 0.3) is 0 Å². The summed E-state index contributed by atoms with van der Waals surface area (Å²) in [6.07, 6.45) is 13.7. The van der Waals surface area contributed by atoms with Crippen LogP contribution < -0.4 is 0 Å². The lowest BCUT2D eigenvalue weighted by Crippen LogP contribution is -2.35. The summed E-state index contributed by atoms with van der Waals surface area (Å²) in [7, 11) is 0. The molecular weight excluding hydrogens is 224 g/mol. The Kier molecular flexibility index (Phi) is 9.59. The Hall–Kier alpha value is -0.0800. The van der Waals surface area contributed by atoms with Crippen LogP contribution in [-0.2, 0) is 9.47 Å². The van der Waals surface area contributed by atoms with E-state index in [1.807, 2.05) is 0 Å². The molecule has 1 heterocycles. The normalized spacial score (nSPS) is 24.3. The van der Waals surface area contributed by atoms with Gasteiger partial charge in [-0.2, -0.15) is 0 Å². The Morgan fingerprint density at radius 1 is 0.667 bits per heavy atom. The molecule has 1 fully saturated rings. The van der Waals surface area contributed by atoms with Gasteiger partial charge in [-0.25, -0.2) is 0 Å². The molecule has 0 N–H and O–H groups in total. The van der Waals surface area contributed by atoms with Gasteiger partial charge in [-0.1, -0.05) is 65.2 Å². The van der Waals surface area contributed by atoms with Gasteiger partial charge in [0, 0.05) is 0 Å². The molecule has 2 atom stereocenters. The van der Waals surface area contributed by atoms with Crippen molar-refractivity contribution in [3.05, 3.63) is 0 Å². The van der Waals surface area contributed by atoms with Crippen LogP contribution in [0.2, 0.25) is 0 Å². The molecule has 2 heteroatoms. The monoisotopic (exact) mass is 256 g/mol. The van der Waals surface area contributed by atoms with Gasteiger partial charge in [0.15, 0.2) is 0 Å². The highest BCUT2D eigenvalue weighted by atomic mass is 16.6. The predicted molar refractivity (Wildman–Crippen MR) is 77.0 cm³/mol. The van der Waals surface area contributed by atoms with E-state index in [-0.39, 0.29) is 0 Å². The van der Waals surface area contributed by atoms with Gasteiger partial charge in [-0.3, -0.25) is 0 Å². The molecule has 0 saturated carbocycles. The van der Waals surface area contributed by atoms with Crippen molar-refractivity contribution in [2.45, 2.75) is 90.3 Å². The summed E-state index contributed by atoms with van der Waals surface area (Å²) >= 11 is 0. The first kappa shape index (κ1) is 16.0. The summed E-state index contributed by atoms with van der Waals surface area (Å²) < 4.78 is 11.8. The number of unbranched alkanes of at least 4 members (excludes halogenated alkanes) is 6. The minimum Gasteiger partial charge on any atom is -0.373 e. The number of ether oxygens (including phenoxy) is 2. The van der Waals surface area contributed by atoms with E-state index in [9.17, 15) is 0 Å². The third-order valence-electron chi connectivity index (χ3n) is 3.79. The zero-order chi connectivity index (χ0) is 13.1. The molecule has 18 heavy (non-hydrogen) atoms. The molecule has 1 aliphatic rings. The van der Waals surface area contributed by atoms with E-state index < -0.39 is 0 Å². The van der Waals surface area contributed by atoms with Crippen LogP contribution in [0.1, 0.15) is 78.1 Å². The molecule has 0 spiro atoms. The number of hydrogen-bond donors (Lipinski definition) is 0. The first-order chi connectivity index (χ1) is 8.86. The van der Waals surface area contributed by atoms with Crippen molar-refractivity contribution in [3.8, 4) is 0 Å². The largest absolute Gasteiger partial charge is 0.373 e. The van der Waals surface area contributed by atoms with Crippen molar-refractivity contribution in [1.29, 1.82) is 0 Å². The van der Waals surface area contributed by atoms with E-state index in [0.29, 0.717) is 12.2 Å². The van der Waals surface area contributed by atoms with E-state index >= 15 is 0 Å². The predicted octanol–water partition coefficient (Wildman–Crippen LogP) is 4.71. The highest BCUT2D eigenvalue weighted by Gasteiger charge is 2.21. The van der Waals surface area contributed by atoms with Crippen LogP contribution in [0, 0.1) is 0 Å². The lowest BCUT2D eigenvalue weighted by Gasteiger charge is -2.29. The van der Waals surface area contributed by atoms with Crippen molar-refractivity contribution in [1.82, 2.24) is 0 Å². The van der Waals surface area contributed by atoms with Crippen LogP contribution in [0.3, 0.4) is 0 Å². The molecule has 0 aromatic rings. The highest BCUT2D eigenvalue weighted by Crippen LogP contribution is 2.17. The van der Waals surface area contributed by atoms with E-state index in [4.69, 9.17) is 9.47 Å². The van der Waals surface area contributed by atoms with Crippen molar-refractivity contribution in [2.24, 2.45) is 0 Å². The van der Waals surface area contributed by atoms with E-state index in [1.54, 1.807) is 0 Å². The van der Waals surface area contributed by atoms with Crippen molar-refractivity contribution >= 4 is 0 Å². The lowest BCUT2D eigenvalue weighted by molar-refractivity contribution is -0.137. The SMILES string of the molecule is CCCCCC[C@H]1CO[C@@H](CCCCCC)CO1. The van der Waals surface area contributed by atoms with Gasteiger partial charge < -0.3 is 9.47 Å². The second kappa shape index (κ2) is 10.8. The quantitative estimate of drug-likeness (QED) is 0.527. The molecule has 0 radical (unpaired) electrons. The third-order valence-corrected chi connectivity index (χ3v) is 3.79. The minimum atomic E-state index is 0.369. The summed E-state index contributed by atoms with van der Waals surface area (Å²) in [5.41, 5.74) is 0. The van der Waals surface area contributed by atoms with Crippen LogP contribution >= 0.6 is 0 Å². The molecule has 1 saturated heterocycles. The third kappa shape index (κ3) is 7.38. The summed E-state index contributed by atoms with van der Waals surface area (Å²) in [5, 5.41) is 0. The Balaban J connectivity index is 1.95. The topological polar surface area (TPSA) is 18.5 Å². The van der Waals surface area contributed by atoms with Gasteiger partial charge in [0.05, 0.1) is 25.4 Å². The maximum absolute atomic E-state index is 5.90. The molecule has 1 rings (SSSR count). The second-order valence-corrected chi connectivity index (χ2v) is 5.61. The average molecular weight is 256 g/mol. The molecule has 0 aromatic heterocycles. The molecule has 2 nitrogen and oxygen atoms in total. The second-order valence-electron chi connectivity index (χ2n) is 5.61. The van der Waals surface area contributed by atoms with Crippen molar-refractivity contribution in [2.75, 3.05) is 13.2 Å². The summed E-state index contributed by atoms with van der Waals surface area (Å²) in [5.74, 6) is 0. The fraction of sp³-hybridized carbons (Fsp3) is 1.00. The van der Waals surface area contributed by atoms with Gasteiger partial charge >= 0.3 is 0 Å². The molecule has 0 unspecified atom stereocenters. The Bertz CT molecular complexity index is 154. The molecule has 0 bridgehead atoms. The van der Waals surface area contributed by atoms with Crippen LogP contribution in [0.15, 0.2) is 0 Å². The number of hydrogen-bond acceptors (Lipinski definition) is 2. The maximum Gasteiger partial charge on any atom is 0.0810 e. The smallest absolute Gasteiger partial charge is 0.0810 e. The highest BCUT2D eigenvalue weighted by molar-refractivity contribution is 4.68. The van der Waals surface area contributed by atoms with Gasteiger partial charge in [-0.05, 0) is 12.8 Å². The Labute approximate surface area is 113 Å². The minimum absolute atomic E-state index is 0.369. The van der Waals surface area contributed by atoms with Crippen molar-refractivity contribution < 1.29 is 9.47 Å². The van der Waals surface area contributed by atoms with E-state index in [0.717, 1.165) is 13.2 Å². The summed E-state index contributed by atoms with van der Waals surface area (Å²) in [4.78, 5) is 0.